The Kier molecular flexibility index (Phi) is 2.91. The molecule has 0 saturated carbocycles. The topological polar surface area (TPSA) is 6.48 Å². The summed E-state index contributed by atoms with van der Waals surface area (Å²) < 4.78 is 0. The fourth-order valence-electron chi connectivity index (χ4n) is 2.84. The van der Waals surface area contributed by atoms with Crippen LogP contribution in [0, 0.1) is 5.41 Å². The number of likely N-dealkylation sites (tertiary alicyclic amines) is 2. The zero-order chi connectivity index (χ0) is 11.1. The molecule has 2 heterocycles. The molecule has 0 N–H and O–H groups in total. The van der Waals surface area contributed by atoms with Crippen molar-refractivity contribution in [3.63, 3.8) is 0 Å². The van der Waals surface area contributed by atoms with Crippen LogP contribution in [0.2, 0.25) is 0 Å². The molecule has 0 aromatic carbocycles. The minimum absolute atomic E-state index is 0.679. The van der Waals surface area contributed by atoms with Gasteiger partial charge in [-0.2, -0.15) is 0 Å². The quantitative estimate of drug-likeness (QED) is 0.654. The molecule has 0 radical (unpaired) electrons. The SMILES string of the molecule is C/C=C(\C)CN1CC2(C1)CN(C(C)C)C2. The molecule has 0 aliphatic carbocycles. The van der Waals surface area contributed by atoms with Crippen molar-refractivity contribution >= 4 is 0 Å². The first kappa shape index (κ1) is 11.2. The molecule has 2 aliphatic heterocycles. The Hall–Kier alpha value is -0.340. The van der Waals surface area contributed by atoms with Crippen LogP contribution in [0.15, 0.2) is 11.6 Å². The second-order valence-corrected chi connectivity index (χ2v) is 5.78. The van der Waals surface area contributed by atoms with Crippen LogP contribution in [0.4, 0.5) is 0 Å². The third-order valence-corrected chi connectivity index (χ3v) is 3.89. The lowest BCUT2D eigenvalue weighted by molar-refractivity contribution is -0.122. The van der Waals surface area contributed by atoms with Crippen LogP contribution in [0.5, 0.6) is 0 Å². The molecule has 0 aromatic heterocycles. The van der Waals surface area contributed by atoms with Gasteiger partial charge in [-0.25, -0.2) is 0 Å². The first-order valence-corrected chi connectivity index (χ1v) is 6.13. The average Bonchev–Trinajstić information content (AvgIpc) is 2.05. The fourth-order valence-corrected chi connectivity index (χ4v) is 2.84. The predicted molar refractivity (Wildman–Crippen MR) is 65.0 cm³/mol. The summed E-state index contributed by atoms with van der Waals surface area (Å²) in [6.45, 7) is 15.4. The van der Waals surface area contributed by atoms with Crippen molar-refractivity contribution in [3.05, 3.63) is 11.6 Å². The van der Waals surface area contributed by atoms with E-state index in [4.69, 9.17) is 0 Å². The molecule has 2 fully saturated rings. The van der Waals surface area contributed by atoms with Crippen molar-refractivity contribution in [2.45, 2.75) is 33.7 Å². The molecule has 2 aliphatic rings. The predicted octanol–water partition coefficient (Wildman–Crippen LogP) is 1.98. The summed E-state index contributed by atoms with van der Waals surface area (Å²) in [5, 5.41) is 0. The Morgan fingerprint density at radius 1 is 1.27 bits per heavy atom. The van der Waals surface area contributed by atoms with Gasteiger partial charge in [0.2, 0.25) is 0 Å². The molecule has 0 atom stereocenters. The summed E-state index contributed by atoms with van der Waals surface area (Å²) in [7, 11) is 0. The third-order valence-electron chi connectivity index (χ3n) is 3.89. The van der Waals surface area contributed by atoms with Gasteiger partial charge in [-0.15, -0.1) is 0 Å². The van der Waals surface area contributed by atoms with E-state index in [1.54, 1.807) is 0 Å². The van der Waals surface area contributed by atoms with E-state index in [1.807, 2.05) is 0 Å². The van der Waals surface area contributed by atoms with Crippen LogP contribution < -0.4 is 0 Å². The number of nitrogens with zero attached hydrogens (tertiary/aromatic N) is 2. The van der Waals surface area contributed by atoms with E-state index in [0.717, 1.165) is 6.04 Å². The van der Waals surface area contributed by atoms with Gasteiger partial charge in [0.05, 0.1) is 0 Å². The highest BCUT2D eigenvalue weighted by molar-refractivity contribution is 5.09. The maximum atomic E-state index is 2.58. The van der Waals surface area contributed by atoms with Crippen molar-refractivity contribution in [2.75, 3.05) is 32.7 Å². The van der Waals surface area contributed by atoms with Gasteiger partial charge in [0.1, 0.15) is 0 Å². The van der Waals surface area contributed by atoms with Crippen molar-refractivity contribution in [2.24, 2.45) is 5.41 Å². The Balaban J connectivity index is 1.71. The zero-order valence-corrected chi connectivity index (χ0v) is 10.6. The summed E-state index contributed by atoms with van der Waals surface area (Å²) in [5.74, 6) is 0. The second-order valence-electron chi connectivity index (χ2n) is 5.78. The van der Waals surface area contributed by atoms with Gasteiger partial charge >= 0.3 is 0 Å². The molecule has 15 heavy (non-hydrogen) atoms. The normalized spacial score (nSPS) is 26.9. The van der Waals surface area contributed by atoms with Gasteiger partial charge in [0, 0.05) is 44.2 Å². The minimum atomic E-state index is 0.679. The fraction of sp³-hybridized carbons (Fsp3) is 0.846. The summed E-state index contributed by atoms with van der Waals surface area (Å²) in [4.78, 5) is 5.16. The summed E-state index contributed by atoms with van der Waals surface area (Å²) in [6.07, 6.45) is 2.23. The first-order valence-electron chi connectivity index (χ1n) is 6.13. The van der Waals surface area contributed by atoms with Crippen LogP contribution in [0.3, 0.4) is 0 Å². The molecule has 2 nitrogen and oxygen atoms in total. The highest BCUT2D eigenvalue weighted by Gasteiger charge is 2.51. The molecular formula is C13H24N2. The van der Waals surface area contributed by atoms with Crippen LogP contribution in [-0.4, -0.2) is 48.6 Å². The number of hydrogen-bond donors (Lipinski definition) is 0. The van der Waals surface area contributed by atoms with Gasteiger partial charge < -0.3 is 0 Å². The largest absolute Gasteiger partial charge is 0.300 e. The highest BCUT2D eigenvalue weighted by Crippen LogP contribution is 2.40. The lowest BCUT2D eigenvalue weighted by atomic mass is 9.72. The maximum Gasteiger partial charge on any atom is 0.0212 e. The number of allylic oxidation sites excluding steroid dienone is 1. The van der Waals surface area contributed by atoms with Crippen LogP contribution in [-0.2, 0) is 0 Å². The average molecular weight is 208 g/mol. The maximum absolute atomic E-state index is 2.58. The van der Waals surface area contributed by atoms with Gasteiger partial charge in [0.25, 0.3) is 0 Å². The summed E-state index contributed by atoms with van der Waals surface area (Å²) in [6, 6.07) is 0.738. The molecule has 0 aromatic rings. The first-order chi connectivity index (χ1) is 7.04. The van der Waals surface area contributed by atoms with Crippen LogP contribution >= 0.6 is 0 Å². The van der Waals surface area contributed by atoms with Crippen LogP contribution in [0.25, 0.3) is 0 Å². The number of rotatable bonds is 3. The number of hydrogen-bond acceptors (Lipinski definition) is 2. The monoisotopic (exact) mass is 208 g/mol. The van der Waals surface area contributed by atoms with E-state index < -0.39 is 0 Å². The van der Waals surface area contributed by atoms with Gasteiger partial charge in [0.15, 0.2) is 0 Å². The molecule has 1 spiro atoms. The second kappa shape index (κ2) is 3.91. The molecule has 0 amide bonds. The van der Waals surface area contributed by atoms with E-state index in [1.165, 1.54) is 38.3 Å². The van der Waals surface area contributed by atoms with E-state index in [2.05, 4.69) is 43.6 Å². The summed E-state index contributed by atoms with van der Waals surface area (Å²) >= 11 is 0. The molecule has 0 unspecified atom stereocenters. The van der Waals surface area contributed by atoms with Gasteiger partial charge in [-0.05, 0) is 27.7 Å². The van der Waals surface area contributed by atoms with Gasteiger partial charge in [-0.3, -0.25) is 9.80 Å². The Morgan fingerprint density at radius 2 is 1.87 bits per heavy atom. The lowest BCUT2D eigenvalue weighted by Crippen LogP contribution is -2.72. The molecule has 2 rings (SSSR count). The molecule has 0 bridgehead atoms. The molecular weight excluding hydrogens is 184 g/mol. The van der Waals surface area contributed by atoms with Crippen molar-refractivity contribution in [1.82, 2.24) is 9.80 Å². The van der Waals surface area contributed by atoms with Crippen molar-refractivity contribution in [3.8, 4) is 0 Å². The summed E-state index contributed by atoms with van der Waals surface area (Å²) in [5.41, 5.74) is 2.18. The van der Waals surface area contributed by atoms with E-state index in [0.29, 0.717) is 5.41 Å². The zero-order valence-electron chi connectivity index (χ0n) is 10.6. The van der Waals surface area contributed by atoms with E-state index in [9.17, 15) is 0 Å². The Morgan fingerprint density at radius 3 is 2.33 bits per heavy atom. The smallest absolute Gasteiger partial charge is 0.0212 e. The third kappa shape index (κ3) is 2.11. The minimum Gasteiger partial charge on any atom is -0.300 e. The molecule has 2 saturated heterocycles. The lowest BCUT2D eigenvalue weighted by Gasteiger charge is -2.61. The Labute approximate surface area is 93.9 Å². The van der Waals surface area contributed by atoms with Crippen LogP contribution in [0.1, 0.15) is 27.7 Å². The van der Waals surface area contributed by atoms with Crippen molar-refractivity contribution in [1.29, 1.82) is 0 Å². The Bertz CT molecular complexity index is 254. The van der Waals surface area contributed by atoms with Gasteiger partial charge in [-0.1, -0.05) is 11.6 Å². The van der Waals surface area contributed by atoms with E-state index in [-0.39, 0.29) is 0 Å². The van der Waals surface area contributed by atoms with E-state index >= 15 is 0 Å². The standard InChI is InChI=1S/C13H24N2/c1-5-12(4)6-14-7-13(8-14)9-15(10-13)11(2)3/h5,11H,6-10H2,1-4H3/b12-5+. The molecule has 86 valence electrons. The highest BCUT2D eigenvalue weighted by atomic mass is 15.3. The van der Waals surface area contributed by atoms with Crippen molar-refractivity contribution < 1.29 is 0 Å². The molecule has 2 heteroatoms.